The van der Waals surface area contributed by atoms with E-state index in [2.05, 4.69) is 97.1 Å². The molecule has 4 nitrogen and oxygen atoms in total. The van der Waals surface area contributed by atoms with E-state index in [1.54, 1.807) is 0 Å². The second-order valence-electron chi connectivity index (χ2n) is 5.72. The van der Waals surface area contributed by atoms with Gasteiger partial charge in [0, 0.05) is 37.6 Å². The molecule has 0 amide bonds. The SMILES string of the molecule is CCN(CC)Nc1ccc(-c2ccc(NN(CC)CC)cc2)cc1. The van der Waals surface area contributed by atoms with Gasteiger partial charge in [-0.25, -0.2) is 10.0 Å². The van der Waals surface area contributed by atoms with Gasteiger partial charge in [-0.1, -0.05) is 52.0 Å². The zero-order valence-corrected chi connectivity index (χ0v) is 15.3. The zero-order chi connectivity index (χ0) is 17.4. The van der Waals surface area contributed by atoms with Gasteiger partial charge in [-0.05, 0) is 35.4 Å². The van der Waals surface area contributed by atoms with Crippen molar-refractivity contribution in [3.8, 4) is 11.1 Å². The maximum absolute atomic E-state index is 3.42. The Morgan fingerprint density at radius 2 is 0.833 bits per heavy atom. The fraction of sp³-hybridized carbons (Fsp3) is 0.400. The fourth-order valence-corrected chi connectivity index (χ4v) is 2.60. The first-order valence-corrected chi connectivity index (χ1v) is 8.93. The van der Waals surface area contributed by atoms with E-state index in [0.29, 0.717) is 0 Å². The number of hydrogen-bond acceptors (Lipinski definition) is 4. The summed E-state index contributed by atoms with van der Waals surface area (Å²) in [5.74, 6) is 0. The van der Waals surface area contributed by atoms with E-state index in [0.717, 1.165) is 37.6 Å². The lowest BCUT2D eigenvalue weighted by Crippen LogP contribution is -2.29. The molecule has 24 heavy (non-hydrogen) atoms. The summed E-state index contributed by atoms with van der Waals surface area (Å²) < 4.78 is 0. The molecule has 0 aromatic heterocycles. The normalized spacial score (nSPS) is 11.1. The molecule has 2 aromatic carbocycles. The third-order valence-corrected chi connectivity index (χ3v) is 4.20. The van der Waals surface area contributed by atoms with Gasteiger partial charge in [-0.15, -0.1) is 0 Å². The van der Waals surface area contributed by atoms with E-state index >= 15 is 0 Å². The van der Waals surface area contributed by atoms with Crippen LogP contribution in [0.25, 0.3) is 11.1 Å². The molecule has 0 aliphatic carbocycles. The highest BCUT2D eigenvalue weighted by atomic mass is 15.5. The minimum atomic E-state index is 0.985. The van der Waals surface area contributed by atoms with E-state index in [1.807, 2.05) is 0 Å². The molecule has 0 spiro atoms. The highest BCUT2D eigenvalue weighted by Gasteiger charge is 2.03. The third-order valence-electron chi connectivity index (χ3n) is 4.20. The number of nitrogens with one attached hydrogen (secondary N) is 2. The van der Waals surface area contributed by atoms with Gasteiger partial charge < -0.3 is 10.9 Å². The quantitative estimate of drug-likeness (QED) is 0.654. The van der Waals surface area contributed by atoms with Crippen LogP contribution in [0.3, 0.4) is 0 Å². The predicted molar refractivity (Wildman–Crippen MR) is 105 cm³/mol. The Balaban J connectivity index is 2.03. The average molecular weight is 326 g/mol. The molecule has 0 unspecified atom stereocenters. The molecule has 2 N–H and O–H groups in total. The Bertz CT molecular complexity index is 529. The van der Waals surface area contributed by atoms with Crippen LogP contribution in [0, 0.1) is 0 Å². The maximum Gasteiger partial charge on any atom is 0.0490 e. The summed E-state index contributed by atoms with van der Waals surface area (Å²) in [6.07, 6.45) is 0. The van der Waals surface area contributed by atoms with Gasteiger partial charge in [0.25, 0.3) is 0 Å². The standard InChI is InChI=1S/C20H30N4/c1-5-23(6-2)21-19-13-9-17(10-14-19)18-11-15-20(16-12-18)22-24(7-3)8-4/h9-16,21-22H,5-8H2,1-4H3. The van der Waals surface area contributed by atoms with Crippen LogP contribution < -0.4 is 10.9 Å². The summed E-state index contributed by atoms with van der Waals surface area (Å²) in [6, 6.07) is 17.2. The second-order valence-corrected chi connectivity index (χ2v) is 5.72. The predicted octanol–water partition coefficient (Wildman–Crippen LogP) is 4.69. The Hall–Kier alpha value is -2.04. The molecule has 0 aliphatic heterocycles. The van der Waals surface area contributed by atoms with Gasteiger partial charge in [0.1, 0.15) is 0 Å². The topological polar surface area (TPSA) is 30.5 Å². The summed E-state index contributed by atoms with van der Waals surface area (Å²) in [5, 5.41) is 4.37. The smallest absolute Gasteiger partial charge is 0.0490 e. The highest BCUT2D eigenvalue weighted by molar-refractivity contribution is 5.67. The Kier molecular flexibility index (Phi) is 7.09. The molecule has 2 aromatic rings. The summed E-state index contributed by atoms with van der Waals surface area (Å²) in [6.45, 7) is 12.5. The molecule has 0 atom stereocenters. The fourth-order valence-electron chi connectivity index (χ4n) is 2.60. The number of rotatable bonds is 9. The minimum absolute atomic E-state index is 0.985. The van der Waals surface area contributed by atoms with Crippen LogP contribution >= 0.6 is 0 Å². The number of benzene rings is 2. The lowest BCUT2D eigenvalue weighted by molar-refractivity contribution is 0.367. The number of hydrazine groups is 2. The van der Waals surface area contributed by atoms with Crippen LogP contribution in [0.1, 0.15) is 27.7 Å². The van der Waals surface area contributed by atoms with Crippen molar-refractivity contribution in [2.45, 2.75) is 27.7 Å². The summed E-state index contributed by atoms with van der Waals surface area (Å²) >= 11 is 0. The van der Waals surface area contributed by atoms with E-state index in [1.165, 1.54) is 11.1 Å². The van der Waals surface area contributed by atoms with Crippen LogP contribution in [0.4, 0.5) is 11.4 Å². The van der Waals surface area contributed by atoms with Crippen molar-refractivity contribution < 1.29 is 0 Å². The van der Waals surface area contributed by atoms with Crippen molar-refractivity contribution in [1.82, 2.24) is 10.0 Å². The summed E-state index contributed by atoms with van der Waals surface area (Å²) in [4.78, 5) is 0. The Morgan fingerprint density at radius 1 is 0.542 bits per heavy atom. The van der Waals surface area contributed by atoms with Crippen molar-refractivity contribution >= 4 is 11.4 Å². The average Bonchev–Trinajstić information content (AvgIpc) is 2.65. The molecule has 0 bridgehead atoms. The number of nitrogens with zero attached hydrogens (tertiary/aromatic N) is 2. The van der Waals surface area contributed by atoms with Crippen LogP contribution in [0.15, 0.2) is 48.5 Å². The Labute approximate surface area is 146 Å². The number of hydrogen-bond donors (Lipinski definition) is 2. The van der Waals surface area contributed by atoms with Gasteiger partial charge in [0.2, 0.25) is 0 Å². The van der Waals surface area contributed by atoms with Gasteiger partial charge in [-0.3, -0.25) is 0 Å². The zero-order valence-electron chi connectivity index (χ0n) is 15.3. The molecule has 4 heteroatoms. The molecule has 2 rings (SSSR count). The van der Waals surface area contributed by atoms with Gasteiger partial charge >= 0.3 is 0 Å². The van der Waals surface area contributed by atoms with Crippen LogP contribution in [-0.2, 0) is 0 Å². The van der Waals surface area contributed by atoms with Crippen molar-refractivity contribution in [2.75, 3.05) is 37.0 Å². The van der Waals surface area contributed by atoms with Crippen LogP contribution in [0.2, 0.25) is 0 Å². The first-order valence-electron chi connectivity index (χ1n) is 8.93. The van der Waals surface area contributed by atoms with Crippen molar-refractivity contribution in [3.63, 3.8) is 0 Å². The van der Waals surface area contributed by atoms with Gasteiger partial charge in [-0.2, -0.15) is 0 Å². The monoisotopic (exact) mass is 326 g/mol. The second kappa shape index (κ2) is 9.30. The summed E-state index contributed by atoms with van der Waals surface area (Å²) in [7, 11) is 0. The highest BCUT2D eigenvalue weighted by Crippen LogP contribution is 2.23. The molecular formula is C20H30N4. The molecular weight excluding hydrogens is 296 g/mol. The Morgan fingerprint density at radius 3 is 1.08 bits per heavy atom. The van der Waals surface area contributed by atoms with Crippen LogP contribution in [0.5, 0.6) is 0 Å². The maximum atomic E-state index is 3.42. The van der Waals surface area contributed by atoms with E-state index in [9.17, 15) is 0 Å². The van der Waals surface area contributed by atoms with Crippen molar-refractivity contribution in [2.24, 2.45) is 0 Å². The van der Waals surface area contributed by atoms with Gasteiger partial charge in [0.05, 0.1) is 0 Å². The molecule has 0 heterocycles. The molecule has 0 fully saturated rings. The third kappa shape index (κ3) is 4.98. The first kappa shape index (κ1) is 18.3. The molecule has 130 valence electrons. The number of anilines is 2. The molecule has 0 radical (unpaired) electrons. The lowest BCUT2D eigenvalue weighted by Gasteiger charge is -2.21. The van der Waals surface area contributed by atoms with Crippen molar-refractivity contribution in [3.05, 3.63) is 48.5 Å². The van der Waals surface area contributed by atoms with Crippen molar-refractivity contribution in [1.29, 1.82) is 0 Å². The van der Waals surface area contributed by atoms with E-state index < -0.39 is 0 Å². The first-order chi connectivity index (χ1) is 11.7. The largest absolute Gasteiger partial charge is 0.319 e. The van der Waals surface area contributed by atoms with E-state index in [-0.39, 0.29) is 0 Å². The molecule has 0 saturated heterocycles. The lowest BCUT2D eigenvalue weighted by atomic mass is 10.1. The van der Waals surface area contributed by atoms with Gasteiger partial charge in [0.15, 0.2) is 0 Å². The molecule has 0 aliphatic rings. The summed E-state index contributed by atoms with van der Waals surface area (Å²) in [5.41, 5.74) is 11.6. The van der Waals surface area contributed by atoms with E-state index in [4.69, 9.17) is 0 Å². The molecule has 0 saturated carbocycles. The minimum Gasteiger partial charge on any atom is -0.319 e. The van der Waals surface area contributed by atoms with Crippen LogP contribution in [-0.4, -0.2) is 36.2 Å².